The lowest BCUT2D eigenvalue weighted by molar-refractivity contribution is -0.133. The van der Waals surface area contributed by atoms with E-state index in [-0.39, 0.29) is 28.3 Å². The van der Waals surface area contributed by atoms with Gasteiger partial charge in [-0.15, -0.1) is 0 Å². The van der Waals surface area contributed by atoms with E-state index in [1.165, 1.54) is 17.2 Å². The monoisotopic (exact) mass is 386 g/mol. The molecule has 0 fully saturated rings. The molecule has 0 saturated heterocycles. The summed E-state index contributed by atoms with van der Waals surface area (Å²) in [5, 5.41) is 0.848. The fourth-order valence-corrected chi connectivity index (χ4v) is 2.20. The molecule has 126 valence electrons. The lowest BCUT2D eigenvalue weighted by Gasteiger charge is -2.17. The molecule has 0 radical (unpaired) electrons. The first-order chi connectivity index (χ1) is 11.4. The third-order valence-electron chi connectivity index (χ3n) is 3.12. The largest absolute Gasteiger partial charge is 0.452 e. The van der Waals surface area contributed by atoms with Crippen molar-refractivity contribution in [3.05, 3.63) is 62.9 Å². The van der Waals surface area contributed by atoms with E-state index in [4.69, 9.17) is 39.5 Å². The molecule has 1 amide bonds. The molecule has 2 aromatic rings. The van der Waals surface area contributed by atoms with E-state index in [2.05, 4.69) is 4.98 Å². The topological polar surface area (TPSA) is 59.5 Å². The number of hydrogen-bond donors (Lipinski definition) is 0. The molecular weight excluding hydrogens is 375 g/mol. The molecule has 0 aliphatic heterocycles. The van der Waals surface area contributed by atoms with Gasteiger partial charge in [0.05, 0.1) is 10.6 Å². The number of benzene rings is 1. The fraction of sp³-hybridized carbons (Fsp3) is 0.188. The molecule has 24 heavy (non-hydrogen) atoms. The molecule has 0 spiro atoms. The highest BCUT2D eigenvalue weighted by Crippen LogP contribution is 2.20. The van der Waals surface area contributed by atoms with Gasteiger partial charge in [-0.1, -0.05) is 46.9 Å². The molecular formula is C16H13Cl3N2O3. The van der Waals surface area contributed by atoms with E-state index < -0.39 is 5.97 Å². The molecule has 0 saturated carbocycles. The van der Waals surface area contributed by atoms with Crippen molar-refractivity contribution >= 4 is 46.7 Å². The molecule has 0 aliphatic carbocycles. The summed E-state index contributed by atoms with van der Waals surface area (Å²) in [6.45, 7) is -0.00888. The lowest BCUT2D eigenvalue weighted by Crippen LogP contribution is -2.30. The molecule has 0 unspecified atom stereocenters. The Morgan fingerprint density at radius 2 is 1.83 bits per heavy atom. The van der Waals surface area contributed by atoms with Crippen molar-refractivity contribution in [1.82, 2.24) is 9.88 Å². The Bertz CT molecular complexity index is 751. The zero-order valence-corrected chi connectivity index (χ0v) is 14.9. The number of halogens is 3. The number of ether oxygens (including phenoxy) is 1. The van der Waals surface area contributed by atoms with Crippen LogP contribution in [0.2, 0.25) is 15.2 Å². The lowest BCUT2D eigenvalue weighted by atomic mass is 10.2. The van der Waals surface area contributed by atoms with Crippen molar-refractivity contribution in [2.75, 3.05) is 13.7 Å². The second-order valence-corrected chi connectivity index (χ2v) is 6.15. The van der Waals surface area contributed by atoms with Gasteiger partial charge in [0.15, 0.2) is 6.61 Å². The van der Waals surface area contributed by atoms with Crippen LogP contribution in [0.15, 0.2) is 36.5 Å². The maximum Gasteiger partial charge on any atom is 0.340 e. The van der Waals surface area contributed by atoms with Crippen LogP contribution in [-0.4, -0.2) is 35.4 Å². The minimum Gasteiger partial charge on any atom is -0.452 e. The van der Waals surface area contributed by atoms with Gasteiger partial charge in [-0.2, -0.15) is 0 Å². The summed E-state index contributed by atoms with van der Waals surface area (Å²) in [6, 6.07) is 8.46. The van der Waals surface area contributed by atoms with Crippen LogP contribution in [-0.2, 0) is 16.1 Å². The second-order valence-electron chi connectivity index (χ2n) is 4.95. The van der Waals surface area contributed by atoms with Crippen LogP contribution in [0, 0.1) is 0 Å². The van der Waals surface area contributed by atoms with Crippen molar-refractivity contribution < 1.29 is 14.3 Å². The Balaban J connectivity index is 1.88. The molecule has 0 aliphatic rings. The minimum atomic E-state index is -0.700. The van der Waals surface area contributed by atoms with E-state index >= 15 is 0 Å². The van der Waals surface area contributed by atoms with E-state index in [0.717, 1.165) is 5.56 Å². The zero-order chi connectivity index (χ0) is 17.7. The molecule has 2 rings (SSSR count). The number of carbonyl (C=O) groups is 2. The Hall–Kier alpha value is -1.82. The molecule has 0 bridgehead atoms. The number of aromatic nitrogens is 1. The van der Waals surface area contributed by atoms with E-state index in [1.54, 1.807) is 19.2 Å². The van der Waals surface area contributed by atoms with Gasteiger partial charge < -0.3 is 9.64 Å². The predicted octanol–water partition coefficient (Wildman–Crippen LogP) is 3.86. The maximum atomic E-state index is 12.0. The standard InChI is InChI=1S/C16H13Cl3N2O3/c1-21(8-10-2-4-12(17)5-3-10)14(22)9-24-16(23)11-6-13(18)15(19)20-7-11/h2-7H,8-9H2,1H3. The second kappa shape index (κ2) is 8.33. The number of likely N-dealkylation sites (N-methyl/N-ethyl adjacent to an activating group) is 1. The van der Waals surface area contributed by atoms with E-state index in [1.807, 2.05) is 12.1 Å². The molecule has 1 heterocycles. The first kappa shape index (κ1) is 18.5. The van der Waals surface area contributed by atoms with Gasteiger partial charge in [0.2, 0.25) is 0 Å². The molecule has 1 aromatic heterocycles. The first-order valence-electron chi connectivity index (χ1n) is 6.83. The Morgan fingerprint density at radius 1 is 1.17 bits per heavy atom. The van der Waals surface area contributed by atoms with Gasteiger partial charge in [0.1, 0.15) is 5.15 Å². The van der Waals surface area contributed by atoms with Crippen LogP contribution in [0.4, 0.5) is 0 Å². The summed E-state index contributed by atoms with van der Waals surface area (Å²) in [5.74, 6) is -1.04. The average Bonchev–Trinajstić information content (AvgIpc) is 2.56. The fourth-order valence-electron chi connectivity index (χ4n) is 1.81. The number of carbonyl (C=O) groups excluding carboxylic acids is 2. The third-order valence-corrected chi connectivity index (χ3v) is 4.06. The van der Waals surface area contributed by atoms with E-state index in [0.29, 0.717) is 11.6 Å². The normalized spacial score (nSPS) is 10.3. The van der Waals surface area contributed by atoms with Gasteiger partial charge in [-0.05, 0) is 23.8 Å². The highest BCUT2D eigenvalue weighted by molar-refractivity contribution is 6.41. The van der Waals surface area contributed by atoms with Gasteiger partial charge >= 0.3 is 5.97 Å². The number of hydrogen-bond acceptors (Lipinski definition) is 4. The summed E-state index contributed by atoms with van der Waals surface area (Å²) < 4.78 is 4.97. The predicted molar refractivity (Wildman–Crippen MR) is 92.5 cm³/mol. The van der Waals surface area contributed by atoms with Crippen LogP contribution in [0.5, 0.6) is 0 Å². The van der Waals surface area contributed by atoms with E-state index in [9.17, 15) is 9.59 Å². The molecule has 0 atom stereocenters. The van der Waals surface area contributed by atoms with Crippen LogP contribution >= 0.6 is 34.8 Å². The summed E-state index contributed by atoms with van der Waals surface area (Å²) in [5.41, 5.74) is 1.04. The summed E-state index contributed by atoms with van der Waals surface area (Å²) in [4.78, 5) is 29.1. The Labute approximate surface area is 154 Å². The van der Waals surface area contributed by atoms with Crippen molar-refractivity contribution in [2.24, 2.45) is 0 Å². The molecule has 8 heteroatoms. The number of amides is 1. The maximum absolute atomic E-state index is 12.0. The highest BCUT2D eigenvalue weighted by atomic mass is 35.5. The SMILES string of the molecule is CN(Cc1ccc(Cl)cc1)C(=O)COC(=O)c1cnc(Cl)c(Cl)c1. The molecule has 5 nitrogen and oxygen atoms in total. The minimum absolute atomic E-state index is 0.0898. The Morgan fingerprint density at radius 3 is 2.46 bits per heavy atom. The quantitative estimate of drug-likeness (QED) is 0.577. The van der Waals surface area contributed by atoms with Crippen molar-refractivity contribution in [3.8, 4) is 0 Å². The van der Waals surface area contributed by atoms with Crippen molar-refractivity contribution in [2.45, 2.75) is 6.54 Å². The number of pyridine rings is 1. The van der Waals surface area contributed by atoms with Gasteiger partial charge in [0.25, 0.3) is 5.91 Å². The van der Waals surface area contributed by atoms with Gasteiger partial charge in [-0.25, -0.2) is 9.78 Å². The summed E-state index contributed by atoms with van der Waals surface area (Å²) >= 11 is 17.3. The average molecular weight is 388 g/mol. The van der Waals surface area contributed by atoms with Crippen molar-refractivity contribution in [3.63, 3.8) is 0 Å². The first-order valence-corrected chi connectivity index (χ1v) is 7.97. The summed E-state index contributed by atoms with van der Waals surface area (Å²) in [6.07, 6.45) is 1.23. The van der Waals surface area contributed by atoms with Crippen LogP contribution in [0.25, 0.3) is 0 Å². The highest BCUT2D eigenvalue weighted by Gasteiger charge is 2.15. The van der Waals surface area contributed by atoms with Crippen LogP contribution < -0.4 is 0 Å². The molecule has 0 N–H and O–H groups in total. The van der Waals surface area contributed by atoms with Crippen molar-refractivity contribution in [1.29, 1.82) is 0 Å². The van der Waals surface area contributed by atoms with Gasteiger partial charge in [-0.3, -0.25) is 4.79 Å². The number of nitrogens with zero attached hydrogens (tertiary/aromatic N) is 2. The third kappa shape index (κ3) is 5.09. The van der Waals surface area contributed by atoms with Crippen LogP contribution in [0.3, 0.4) is 0 Å². The summed E-state index contributed by atoms with van der Waals surface area (Å²) in [7, 11) is 1.62. The van der Waals surface area contributed by atoms with Crippen LogP contribution in [0.1, 0.15) is 15.9 Å². The van der Waals surface area contributed by atoms with Gasteiger partial charge in [0, 0.05) is 24.8 Å². The zero-order valence-electron chi connectivity index (χ0n) is 12.6. The smallest absolute Gasteiger partial charge is 0.340 e. The number of esters is 1. The number of rotatable bonds is 5. The molecule has 1 aromatic carbocycles. The Kier molecular flexibility index (Phi) is 6.43.